The molecule has 0 bridgehead atoms. The van der Waals surface area contributed by atoms with Gasteiger partial charge in [-0.2, -0.15) is 0 Å². The van der Waals surface area contributed by atoms with Gasteiger partial charge < -0.3 is 9.73 Å². The lowest BCUT2D eigenvalue weighted by Gasteiger charge is -2.15. The quantitative estimate of drug-likeness (QED) is 0.788. The van der Waals surface area contributed by atoms with E-state index in [1.54, 1.807) is 6.20 Å². The Balaban J connectivity index is 2.10. The number of fused-ring (bicyclic) bond motifs is 1. The van der Waals surface area contributed by atoms with Crippen molar-refractivity contribution < 1.29 is 4.42 Å². The Morgan fingerprint density at radius 2 is 2.10 bits per heavy atom. The predicted octanol–water partition coefficient (Wildman–Crippen LogP) is 4.10. The van der Waals surface area contributed by atoms with E-state index < -0.39 is 0 Å². The summed E-state index contributed by atoms with van der Waals surface area (Å²) in [5.41, 5.74) is 2.94. The second-order valence-electron chi connectivity index (χ2n) is 4.73. The molecule has 3 nitrogen and oxygen atoms in total. The zero-order valence-corrected chi connectivity index (χ0v) is 12.1. The zero-order chi connectivity index (χ0) is 14.1. The number of pyridine rings is 1. The molecule has 2 heterocycles. The molecule has 3 rings (SSSR count). The minimum atomic E-state index is -0.0186. The number of rotatable bonds is 3. The van der Waals surface area contributed by atoms with Crippen LogP contribution in [0.25, 0.3) is 11.0 Å². The van der Waals surface area contributed by atoms with Crippen molar-refractivity contribution in [1.82, 2.24) is 10.3 Å². The van der Waals surface area contributed by atoms with Gasteiger partial charge in [-0.05, 0) is 49.9 Å². The Kier molecular flexibility index (Phi) is 3.47. The average molecular weight is 287 g/mol. The molecule has 0 saturated heterocycles. The van der Waals surface area contributed by atoms with Crippen LogP contribution >= 0.6 is 11.6 Å². The maximum absolute atomic E-state index is 6.02. The van der Waals surface area contributed by atoms with Crippen LogP contribution in [0, 0.1) is 6.92 Å². The first-order valence-electron chi connectivity index (χ1n) is 6.47. The van der Waals surface area contributed by atoms with Gasteiger partial charge in [0.1, 0.15) is 11.3 Å². The fourth-order valence-corrected chi connectivity index (χ4v) is 2.61. The van der Waals surface area contributed by atoms with E-state index in [1.807, 2.05) is 44.3 Å². The summed E-state index contributed by atoms with van der Waals surface area (Å²) >= 11 is 6.02. The molecule has 0 amide bonds. The number of nitrogens with zero attached hydrogens (tertiary/aromatic N) is 1. The first-order chi connectivity index (χ1) is 9.69. The van der Waals surface area contributed by atoms with Crippen LogP contribution in [0.5, 0.6) is 0 Å². The fraction of sp³-hybridized carbons (Fsp3) is 0.188. The van der Waals surface area contributed by atoms with Gasteiger partial charge in [-0.15, -0.1) is 0 Å². The van der Waals surface area contributed by atoms with Crippen LogP contribution in [0.3, 0.4) is 0 Å². The normalized spacial score (nSPS) is 12.8. The van der Waals surface area contributed by atoms with Gasteiger partial charge in [-0.25, -0.2) is 0 Å². The third-order valence-corrected chi connectivity index (χ3v) is 3.66. The Labute approximate surface area is 122 Å². The van der Waals surface area contributed by atoms with Crippen LogP contribution in [0.1, 0.15) is 23.1 Å². The summed E-state index contributed by atoms with van der Waals surface area (Å²) in [7, 11) is 1.91. The third-order valence-electron chi connectivity index (χ3n) is 3.43. The van der Waals surface area contributed by atoms with Crippen molar-refractivity contribution >= 4 is 22.6 Å². The van der Waals surface area contributed by atoms with E-state index >= 15 is 0 Å². The molecule has 0 spiro atoms. The molecule has 1 unspecified atom stereocenters. The van der Waals surface area contributed by atoms with Crippen LogP contribution in [0.4, 0.5) is 0 Å². The number of furan rings is 1. The summed E-state index contributed by atoms with van der Waals surface area (Å²) in [6.07, 6.45) is 1.80. The van der Waals surface area contributed by atoms with Crippen molar-refractivity contribution in [1.29, 1.82) is 0 Å². The van der Waals surface area contributed by atoms with Crippen LogP contribution < -0.4 is 5.32 Å². The number of hydrogen-bond donors (Lipinski definition) is 1. The lowest BCUT2D eigenvalue weighted by Crippen LogP contribution is -2.18. The molecule has 102 valence electrons. The highest BCUT2D eigenvalue weighted by atomic mass is 35.5. The maximum atomic E-state index is 6.02. The van der Waals surface area contributed by atoms with Crippen LogP contribution in [-0.4, -0.2) is 12.0 Å². The highest BCUT2D eigenvalue weighted by Crippen LogP contribution is 2.30. The van der Waals surface area contributed by atoms with Crippen LogP contribution in [-0.2, 0) is 0 Å². The predicted molar refractivity (Wildman–Crippen MR) is 81.1 cm³/mol. The summed E-state index contributed by atoms with van der Waals surface area (Å²) < 4.78 is 5.94. The number of benzene rings is 1. The number of nitrogens with one attached hydrogen (secondary N) is 1. The molecule has 0 fully saturated rings. The molecule has 3 aromatic rings. The summed E-state index contributed by atoms with van der Waals surface area (Å²) in [6, 6.07) is 11.6. The molecule has 0 aliphatic rings. The molecular formula is C16H15ClN2O. The van der Waals surface area contributed by atoms with E-state index in [0.717, 1.165) is 28.0 Å². The van der Waals surface area contributed by atoms with Gasteiger partial charge in [0.15, 0.2) is 0 Å². The van der Waals surface area contributed by atoms with Gasteiger partial charge in [0, 0.05) is 22.3 Å². The molecule has 0 radical (unpaired) electrons. The van der Waals surface area contributed by atoms with Gasteiger partial charge in [-0.3, -0.25) is 4.98 Å². The van der Waals surface area contributed by atoms with E-state index in [4.69, 9.17) is 16.0 Å². The van der Waals surface area contributed by atoms with Gasteiger partial charge in [0.2, 0.25) is 0 Å². The Bertz CT molecular complexity index is 751. The van der Waals surface area contributed by atoms with Gasteiger partial charge in [0.25, 0.3) is 0 Å². The molecule has 20 heavy (non-hydrogen) atoms. The summed E-state index contributed by atoms with van der Waals surface area (Å²) in [5, 5.41) is 5.00. The Morgan fingerprint density at radius 3 is 2.85 bits per heavy atom. The largest absolute Gasteiger partial charge is 0.459 e. The van der Waals surface area contributed by atoms with Crippen molar-refractivity contribution in [3.63, 3.8) is 0 Å². The summed E-state index contributed by atoms with van der Waals surface area (Å²) in [6.45, 7) is 2.00. The summed E-state index contributed by atoms with van der Waals surface area (Å²) in [4.78, 5) is 4.34. The molecule has 1 aromatic carbocycles. The topological polar surface area (TPSA) is 38.1 Å². The van der Waals surface area contributed by atoms with E-state index in [-0.39, 0.29) is 6.04 Å². The van der Waals surface area contributed by atoms with E-state index in [0.29, 0.717) is 5.02 Å². The number of aromatic nitrogens is 1. The minimum absolute atomic E-state index is 0.0186. The second kappa shape index (κ2) is 5.27. The van der Waals surface area contributed by atoms with Crippen molar-refractivity contribution in [3.05, 3.63) is 64.6 Å². The SMILES string of the molecule is CNC(c1cc2cc(Cl)ccc2o1)c1cccnc1C. The molecule has 1 atom stereocenters. The standard InChI is InChI=1S/C16H15ClN2O/c1-10-13(4-3-7-19-10)16(18-2)15-9-11-8-12(17)5-6-14(11)20-15/h3-9,16,18H,1-2H3. The molecular weight excluding hydrogens is 272 g/mol. The van der Waals surface area contributed by atoms with Crippen molar-refractivity contribution in [2.75, 3.05) is 7.05 Å². The molecule has 2 aromatic heterocycles. The number of hydrogen-bond acceptors (Lipinski definition) is 3. The van der Waals surface area contributed by atoms with E-state index in [2.05, 4.69) is 16.4 Å². The molecule has 0 saturated carbocycles. The Morgan fingerprint density at radius 1 is 1.25 bits per heavy atom. The first-order valence-corrected chi connectivity index (χ1v) is 6.84. The third kappa shape index (κ3) is 2.30. The maximum Gasteiger partial charge on any atom is 0.134 e. The number of aryl methyl sites for hydroxylation is 1. The highest BCUT2D eigenvalue weighted by molar-refractivity contribution is 6.31. The van der Waals surface area contributed by atoms with Crippen molar-refractivity contribution in [2.24, 2.45) is 0 Å². The van der Waals surface area contributed by atoms with E-state index in [9.17, 15) is 0 Å². The van der Waals surface area contributed by atoms with Crippen LogP contribution in [0.15, 0.2) is 47.0 Å². The second-order valence-corrected chi connectivity index (χ2v) is 5.17. The average Bonchev–Trinajstić information content (AvgIpc) is 2.84. The lowest BCUT2D eigenvalue weighted by molar-refractivity contribution is 0.489. The lowest BCUT2D eigenvalue weighted by atomic mass is 10.0. The summed E-state index contributed by atoms with van der Waals surface area (Å²) in [5.74, 6) is 0.862. The van der Waals surface area contributed by atoms with Gasteiger partial charge >= 0.3 is 0 Å². The monoisotopic (exact) mass is 286 g/mol. The highest BCUT2D eigenvalue weighted by Gasteiger charge is 2.18. The first kappa shape index (κ1) is 13.2. The zero-order valence-electron chi connectivity index (χ0n) is 11.4. The molecule has 0 aliphatic carbocycles. The smallest absolute Gasteiger partial charge is 0.134 e. The minimum Gasteiger partial charge on any atom is -0.459 e. The molecule has 4 heteroatoms. The fourth-order valence-electron chi connectivity index (χ4n) is 2.43. The van der Waals surface area contributed by atoms with Crippen LogP contribution in [0.2, 0.25) is 5.02 Å². The molecule has 1 N–H and O–H groups in total. The van der Waals surface area contributed by atoms with E-state index in [1.165, 1.54) is 0 Å². The Hall–Kier alpha value is -1.84. The van der Waals surface area contributed by atoms with Crippen molar-refractivity contribution in [3.8, 4) is 0 Å². The molecule has 0 aliphatic heterocycles. The number of halogens is 1. The van der Waals surface area contributed by atoms with Gasteiger partial charge in [0.05, 0.1) is 6.04 Å². The van der Waals surface area contributed by atoms with Crippen molar-refractivity contribution in [2.45, 2.75) is 13.0 Å². The van der Waals surface area contributed by atoms with Gasteiger partial charge in [-0.1, -0.05) is 17.7 Å².